The van der Waals surface area contributed by atoms with E-state index in [0.29, 0.717) is 0 Å². The molecule has 0 aliphatic rings. The molecule has 196 valence electrons. The molecule has 0 amide bonds. The van der Waals surface area contributed by atoms with Gasteiger partial charge >= 0.3 is 0 Å². The molecule has 0 aliphatic heterocycles. The molecular formula is C42H28. The minimum Gasteiger partial charge on any atom is -0.0622 e. The summed E-state index contributed by atoms with van der Waals surface area (Å²) in [4.78, 5) is 0. The summed E-state index contributed by atoms with van der Waals surface area (Å²) < 4.78 is 0. The van der Waals surface area contributed by atoms with Crippen LogP contribution in [0.2, 0.25) is 0 Å². The first-order valence-electron chi connectivity index (χ1n) is 14.5. The molecule has 0 N–H and O–H groups in total. The Morgan fingerprint density at radius 3 is 1.33 bits per heavy atom. The fourth-order valence-corrected chi connectivity index (χ4v) is 6.60. The van der Waals surface area contributed by atoms with Crippen LogP contribution in [0.25, 0.3) is 76.8 Å². The van der Waals surface area contributed by atoms with Crippen LogP contribution < -0.4 is 0 Å². The molecule has 0 aliphatic carbocycles. The molecule has 0 unspecified atom stereocenters. The van der Waals surface area contributed by atoms with Crippen LogP contribution in [0.1, 0.15) is 0 Å². The molecule has 0 aromatic heterocycles. The third-order valence-electron chi connectivity index (χ3n) is 8.47. The van der Waals surface area contributed by atoms with Crippen LogP contribution in [-0.2, 0) is 0 Å². The lowest BCUT2D eigenvalue weighted by molar-refractivity contribution is 1.58. The molecule has 8 aromatic rings. The largest absolute Gasteiger partial charge is 0.0622 e. The van der Waals surface area contributed by atoms with Crippen LogP contribution in [0.5, 0.6) is 0 Å². The molecule has 0 atom stereocenters. The van der Waals surface area contributed by atoms with Gasteiger partial charge in [0.05, 0.1) is 0 Å². The first kappa shape index (κ1) is 24.3. The van der Waals surface area contributed by atoms with Crippen molar-refractivity contribution in [3.05, 3.63) is 170 Å². The zero-order chi connectivity index (χ0) is 27.9. The van der Waals surface area contributed by atoms with E-state index < -0.39 is 0 Å². The monoisotopic (exact) mass is 532 g/mol. The van der Waals surface area contributed by atoms with Gasteiger partial charge in [-0.2, -0.15) is 0 Å². The van der Waals surface area contributed by atoms with Gasteiger partial charge in [-0.1, -0.05) is 164 Å². The van der Waals surface area contributed by atoms with Crippen molar-refractivity contribution in [1.82, 2.24) is 0 Å². The molecule has 0 spiro atoms. The molecule has 42 heavy (non-hydrogen) atoms. The Balaban J connectivity index is 1.46. The van der Waals surface area contributed by atoms with Crippen LogP contribution in [0, 0.1) is 0 Å². The second-order valence-corrected chi connectivity index (χ2v) is 10.9. The number of benzene rings is 8. The maximum Gasteiger partial charge on any atom is -0.00201 e. The third kappa shape index (κ3) is 4.00. The maximum atomic E-state index is 2.39. The molecule has 0 heterocycles. The van der Waals surface area contributed by atoms with E-state index in [0.717, 1.165) is 0 Å². The standard InChI is InChI=1S/C42H28/c1-3-14-29(15-4-1)34-27-26-32(28-40(34)31-16-5-2-6-17-31)41-36-21-9-11-23-38(36)42(39-24-12-10-22-37(39)41)35-25-13-19-30-18-7-8-20-33(30)35/h1-28H. The third-order valence-corrected chi connectivity index (χ3v) is 8.47. The van der Waals surface area contributed by atoms with E-state index in [9.17, 15) is 0 Å². The van der Waals surface area contributed by atoms with Gasteiger partial charge in [-0.15, -0.1) is 0 Å². The van der Waals surface area contributed by atoms with Gasteiger partial charge in [-0.05, 0) is 82.9 Å². The highest BCUT2D eigenvalue weighted by atomic mass is 14.2. The van der Waals surface area contributed by atoms with E-state index in [1.807, 2.05) is 0 Å². The van der Waals surface area contributed by atoms with Gasteiger partial charge in [0.2, 0.25) is 0 Å². The molecule has 0 saturated heterocycles. The minimum atomic E-state index is 1.22. The molecule has 8 aromatic carbocycles. The average Bonchev–Trinajstić information content (AvgIpc) is 3.07. The second-order valence-electron chi connectivity index (χ2n) is 10.9. The summed E-state index contributed by atoms with van der Waals surface area (Å²) in [5, 5.41) is 7.63. The summed E-state index contributed by atoms with van der Waals surface area (Å²) in [5.41, 5.74) is 10.0. The summed E-state index contributed by atoms with van der Waals surface area (Å²) in [5.74, 6) is 0. The van der Waals surface area contributed by atoms with Gasteiger partial charge in [0.15, 0.2) is 0 Å². The minimum absolute atomic E-state index is 1.22. The SMILES string of the molecule is c1ccc(-c2ccc(-c3c4ccccc4c(-c4cccc5ccccc45)c4ccccc34)cc2-c2ccccc2)cc1. The summed E-state index contributed by atoms with van der Waals surface area (Å²) in [7, 11) is 0. The predicted octanol–water partition coefficient (Wildman–Crippen LogP) is 11.8. The van der Waals surface area contributed by atoms with E-state index in [-0.39, 0.29) is 0 Å². The van der Waals surface area contributed by atoms with Crippen molar-refractivity contribution in [3.63, 3.8) is 0 Å². The van der Waals surface area contributed by atoms with E-state index in [4.69, 9.17) is 0 Å². The highest BCUT2D eigenvalue weighted by molar-refractivity contribution is 6.23. The van der Waals surface area contributed by atoms with Crippen molar-refractivity contribution in [3.8, 4) is 44.5 Å². The lowest BCUT2D eigenvalue weighted by Crippen LogP contribution is -1.93. The molecular weight excluding hydrogens is 504 g/mol. The fourth-order valence-electron chi connectivity index (χ4n) is 6.60. The van der Waals surface area contributed by atoms with Crippen LogP contribution in [0.15, 0.2) is 170 Å². The number of rotatable bonds is 4. The molecule has 0 bridgehead atoms. The van der Waals surface area contributed by atoms with Crippen LogP contribution in [-0.4, -0.2) is 0 Å². The van der Waals surface area contributed by atoms with Crippen molar-refractivity contribution in [2.45, 2.75) is 0 Å². The summed E-state index contributed by atoms with van der Waals surface area (Å²) >= 11 is 0. The van der Waals surface area contributed by atoms with Crippen LogP contribution in [0.4, 0.5) is 0 Å². The quantitative estimate of drug-likeness (QED) is 0.198. The summed E-state index contributed by atoms with van der Waals surface area (Å²) in [6, 6.07) is 61.7. The van der Waals surface area contributed by atoms with Gasteiger partial charge in [0.25, 0.3) is 0 Å². The zero-order valence-corrected chi connectivity index (χ0v) is 23.2. The Bertz CT molecular complexity index is 2160. The molecule has 0 radical (unpaired) electrons. The van der Waals surface area contributed by atoms with Gasteiger partial charge in [0.1, 0.15) is 0 Å². The Labute approximate surface area is 246 Å². The predicted molar refractivity (Wildman–Crippen MR) is 181 cm³/mol. The van der Waals surface area contributed by atoms with E-state index >= 15 is 0 Å². The normalized spacial score (nSPS) is 11.3. The van der Waals surface area contributed by atoms with Crippen LogP contribution >= 0.6 is 0 Å². The average molecular weight is 533 g/mol. The van der Waals surface area contributed by atoms with E-state index in [1.165, 1.54) is 76.8 Å². The van der Waals surface area contributed by atoms with Crippen molar-refractivity contribution >= 4 is 32.3 Å². The first-order chi connectivity index (χ1) is 20.9. The lowest BCUT2D eigenvalue weighted by atomic mass is 9.83. The number of hydrogen-bond donors (Lipinski definition) is 0. The summed E-state index contributed by atoms with van der Waals surface area (Å²) in [6.45, 7) is 0. The lowest BCUT2D eigenvalue weighted by Gasteiger charge is -2.20. The highest BCUT2D eigenvalue weighted by Crippen LogP contribution is 2.46. The van der Waals surface area contributed by atoms with Gasteiger partial charge in [-0.25, -0.2) is 0 Å². The number of fused-ring (bicyclic) bond motifs is 3. The van der Waals surface area contributed by atoms with Crippen molar-refractivity contribution in [1.29, 1.82) is 0 Å². The Morgan fingerprint density at radius 2 is 0.714 bits per heavy atom. The topological polar surface area (TPSA) is 0 Å². The Kier molecular flexibility index (Phi) is 5.90. The van der Waals surface area contributed by atoms with Gasteiger partial charge in [-0.3, -0.25) is 0 Å². The van der Waals surface area contributed by atoms with Gasteiger partial charge in [0, 0.05) is 0 Å². The van der Waals surface area contributed by atoms with Crippen molar-refractivity contribution < 1.29 is 0 Å². The van der Waals surface area contributed by atoms with Crippen molar-refractivity contribution in [2.24, 2.45) is 0 Å². The Morgan fingerprint density at radius 1 is 0.238 bits per heavy atom. The fraction of sp³-hybridized carbons (Fsp3) is 0. The summed E-state index contributed by atoms with van der Waals surface area (Å²) in [6.07, 6.45) is 0. The van der Waals surface area contributed by atoms with E-state index in [2.05, 4.69) is 170 Å². The zero-order valence-electron chi connectivity index (χ0n) is 23.2. The molecule has 0 saturated carbocycles. The highest BCUT2D eigenvalue weighted by Gasteiger charge is 2.19. The number of hydrogen-bond acceptors (Lipinski definition) is 0. The first-order valence-corrected chi connectivity index (χ1v) is 14.5. The van der Waals surface area contributed by atoms with Crippen molar-refractivity contribution in [2.75, 3.05) is 0 Å². The molecule has 0 nitrogen and oxygen atoms in total. The van der Waals surface area contributed by atoms with E-state index in [1.54, 1.807) is 0 Å². The molecule has 0 heteroatoms. The Hall–Kier alpha value is -5.46. The van der Waals surface area contributed by atoms with Crippen LogP contribution in [0.3, 0.4) is 0 Å². The smallest absolute Gasteiger partial charge is 0.00201 e. The molecule has 0 fully saturated rings. The van der Waals surface area contributed by atoms with Gasteiger partial charge < -0.3 is 0 Å². The maximum absolute atomic E-state index is 2.39. The second kappa shape index (κ2) is 10.2. The molecule has 8 rings (SSSR count).